The lowest BCUT2D eigenvalue weighted by Gasteiger charge is -2.41. The number of nitrogens with one attached hydrogen (secondary N) is 3. The van der Waals surface area contributed by atoms with Gasteiger partial charge in [-0.2, -0.15) is 9.97 Å². The molecule has 0 unspecified atom stereocenters. The Balaban J connectivity index is 1.92. The second-order valence-corrected chi connectivity index (χ2v) is 5.34. The van der Waals surface area contributed by atoms with E-state index < -0.39 is 0 Å². The molecule has 0 radical (unpaired) electrons. The Morgan fingerprint density at radius 3 is 2.90 bits per heavy atom. The van der Waals surface area contributed by atoms with Gasteiger partial charge in [0.05, 0.1) is 18.5 Å². The first-order valence-electron chi connectivity index (χ1n) is 7.10. The highest BCUT2D eigenvalue weighted by Gasteiger charge is 2.37. The molecule has 0 amide bonds. The maximum atomic E-state index is 9.58. The minimum atomic E-state index is -0.242. The summed E-state index contributed by atoms with van der Waals surface area (Å²) in [6, 6.07) is 0. The molecule has 2 aromatic rings. The topological polar surface area (TPSA) is 98.8 Å². The van der Waals surface area contributed by atoms with Gasteiger partial charge in [0.1, 0.15) is 5.52 Å². The number of H-pyrrole nitrogens is 1. The molecule has 0 aromatic carbocycles. The molecule has 108 valence electrons. The molecule has 1 fully saturated rings. The fourth-order valence-corrected chi connectivity index (χ4v) is 2.42. The second kappa shape index (κ2) is 5.24. The molecule has 0 spiro atoms. The van der Waals surface area contributed by atoms with Crippen LogP contribution in [-0.4, -0.2) is 43.7 Å². The van der Waals surface area contributed by atoms with E-state index >= 15 is 0 Å². The van der Waals surface area contributed by atoms with E-state index in [1.807, 2.05) is 0 Å². The van der Waals surface area contributed by atoms with Crippen molar-refractivity contribution >= 4 is 22.9 Å². The third-order valence-electron chi connectivity index (χ3n) is 3.82. The van der Waals surface area contributed by atoms with E-state index in [4.69, 9.17) is 0 Å². The lowest BCUT2D eigenvalue weighted by molar-refractivity contribution is 0.144. The summed E-state index contributed by atoms with van der Waals surface area (Å²) in [5, 5.41) is 16.1. The standard InChI is InChI=1S/C13H20N6O/c1-2-6-14-12-17-10-9(15-8-16-10)11(18-12)19-13(7-20)4-3-5-13/h8,20H,2-7H2,1H3,(H3,14,15,16,17,18,19). The molecule has 2 aromatic heterocycles. The van der Waals surface area contributed by atoms with E-state index in [-0.39, 0.29) is 12.1 Å². The predicted octanol–water partition coefficient (Wildman–Crippen LogP) is 1.50. The number of imidazole rings is 1. The monoisotopic (exact) mass is 276 g/mol. The zero-order chi connectivity index (χ0) is 14.0. The summed E-state index contributed by atoms with van der Waals surface area (Å²) in [6.07, 6.45) is 5.67. The largest absolute Gasteiger partial charge is 0.394 e. The van der Waals surface area contributed by atoms with Crippen molar-refractivity contribution in [3.05, 3.63) is 6.33 Å². The van der Waals surface area contributed by atoms with Crippen LogP contribution in [0.2, 0.25) is 0 Å². The van der Waals surface area contributed by atoms with Crippen LogP contribution in [0, 0.1) is 0 Å². The Bertz CT molecular complexity index is 586. The van der Waals surface area contributed by atoms with Gasteiger partial charge in [0.25, 0.3) is 0 Å². The van der Waals surface area contributed by atoms with E-state index in [0.717, 1.165) is 37.7 Å². The lowest BCUT2D eigenvalue weighted by atomic mass is 9.77. The first-order chi connectivity index (χ1) is 9.76. The molecule has 4 N–H and O–H groups in total. The molecule has 7 heteroatoms. The number of aromatic amines is 1. The van der Waals surface area contributed by atoms with Gasteiger partial charge in [-0.05, 0) is 25.7 Å². The SMILES string of the molecule is CCCNc1nc(NC2(CO)CCC2)c2[nH]cnc2n1. The van der Waals surface area contributed by atoms with Gasteiger partial charge in [0.15, 0.2) is 11.5 Å². The molecule has 1 aliphatic carbocycles. The van der Waals surface area contributed by atoms with Crippen LogP contribution in [0.5, 0.6) is 0 Å². The molecule has 0 atom stereocenters. The molecular formula is C13H20N6O. The predicted molar refractivity (Wildman–Crippen MR) is 77.8 cm³/mol. The molecule has 1 saturated carbocycles. The lowest BCUT2D eigenvalue weighted by Crippen LogP contribution is -2.48. The van der Waals surface area contributed by atoms with Crippen LogP contribution < -0.4 is 10.6 Å². The summed E-state index contributed by atoms with van der Waals surface area (Å²) in [5.41, 5.74) is 1.18. The summed E-state index contributed by atoms with van der Waals surface area (Å²) in [7, 11) is 0. The molecule has 0 bridgehead atoms. The van der Waals surface area contributed by atoms with Crippen LogP contribution in [0.25, 0.3) is 11.2 Å². The molecule has 0 saturated heterocycles. The van der Waals surface area contributed by atoms with E-state index in [9.17, 15) is 5.11 Å². The Morgan fingerprint density at radius 1 is 1.40 bits per heavy atom. The zero-order valence-electron chi connectivity index (χ0n) is 11.6. The summed E-state index contributed by atoms with van der Waals surface area (Å²) in [6.45, 7) is 3.03. The number of rotatable bonds is 6. The van der Waals surface area contributed by atoms with Crippen LogP contribution >= 0.6 is 0 Å². The highest BCUT2D eigenvalue weighted by molar-refractivity contribution is 5.84. The fourth-order valence-electron chi connectivity index (χ4n) is 2.42. The number of fused-ring (bicyclic) bond motifs is 1. The number of hydrogen-bond donors (Lipinski definition) is 4. The van der Waals surface area contributed by atoms with Crippen molar-refractivity contribution in [2.45, 2.75) is 38.1 Å². The first kappa shape index (κ1) is 13.1. The maximum absolute atomic E-state index is 9.58. The Labute approximate surface area is 117 Å². The van der Waals surface area contributed by atoms with Gasteiger partial charge in [-0.15, -0.1) is 0 Å². The van der Waals surface area contributed by atoms with Gasteiger partial charge in [-0.25, -0.2) is 4.98 Å². The Hall–Kier alpha value is -1.89. The van der Waals surface area contributed by atoms with Gasteiger partial charge >= 0.3 is 0 Å². The van der Waals surface area contributed by atoms with Gasteiger partial charge in [-0.3, -0.25) is 0 Å². The summed E-state index contributed by atoms with van der Waals surface area (Å²) >= 11 is 0. The van der Waals surface area contributed by atoms with Crippen LogP contribution in [0.15, 0.2) is 6.33 Å². The molecule has 0 aliphatic heterocycles. The third-order valence-corrected chi connectivity index (χ3v) is 3.82. The van der Waals surface area contributed by atoms with Crippen molar-refractivity contribution in [3.63, 3.8) is 0 Å². The highest BCUT2D eigenvalue weighted by Crippen LogP contribution is 2.35. The van der Waals surface area contributed by atoms with Crippen molar-refractivity contribution in [3.8, 4) is 0 Å². The molecule has 20 heavy (non-hydrogen) atoms. The van der Waals surface area contributed by atoms with Crippen molar-refractivity contribution in [1.29, 1.82) is 0 Å². The molecule has 7 nitrogen and oxygen atoms in total. The fraction of sp³-hybridized carbons (Fsp3) is 0.615. The third kappa shape index (κ3) is 2.29. The normalized spacial score (nSPS) is 16.9. The molecule has 2 heterocycles. The number of aliphatic hydroxyl groups excluding tert-OH is 1. The van der Waals surface area contributed by atoms with Gasteiger partial charge in [0.2, 0.25) is 5.95 Å². The minimum Gasteiger partial charge on any atom is -0.394 e. The summed E-state index contributed by atoms with van der Waals surface area (Å²) in [4.78, 5) is 16.1. The number of nitrogens with zero attached hydrogens (tertiary/aromatic N) is 3. The van der Waals surface area contributed by atoms with Crippen molar-refractivity contribution in [1.82, 2.24) is 19.9 Å². The number of anilines is 2. The number of aliphatic hydroxyl groups is 1. The van der Waals surface area contributed by atoms with E-state index in [2.05, 4.69) is 37.5 Å². The van der Waals surface area contributed by atoms with Crippen LogP contribution in [0.3, 0.4) is 0 Å². The molecule has 1 aliphatic rings. The number of aromatic nitrogens is 4. The first-order valence-corrected chi connectivity index (χ1v) is 7.10. The zero-order valence-corrected chi connectivity index (χ0v) is 11.6. The van der Waals surface area contributed by atoms with Crippen molar-refractivity contribution in [2.24, 2.45) is 0 Å². The summed E-state index contributed by atoms with van der Waals surface area (Å²) in [5.74, 6) is 1.28. The minimum absolute atomic E-state index is 0.115. The quantitative estimate of drug-likeness (QED) is 0.638. The van der Waals surface area contributed by atoms with Crippen LogP contribution in [-0.2, 0) is 0 Å². The van der Waals surface area contributed by atoms with Gasteiger partial charge < -0.3 is 20.7 Å². The van der Waals surface area contributed by atoms with E-state index in [1.54, 1.807) is 6.33 Å². The maximum Gasteiger partial charge on any atom is 0.226 e. The number of hydrogen-bond acceptors (Lipinski definition) is 6. The molecular weight excluding hydrogens is 256 g/mol. The van der Waals surface area contributed by atoms with Gasteiger partial charge in [0, 0.05) is 6.54 Å². The van der Waals surface area contributed by atoms with Crippen LogP contribution in [0.1, 0.15) is 32.6 Å². The van der Waals surface area contributed by atoms with Crippen molar-refractivity contribution in [2.75, 3.05) is 23.8 Å². The Kier molecular flexibility index (Phi) is 3.43. The van der Waals surface area contributed by atoms with Crippen LogP contribution in [0.4, 0.5) is 11.8 Å². The second-order valence-electron chi connectivity index (χ2n) is 5.34. The van der Waals surface area contributed by atoms with E-state index in [0.29, 0.717) is 17.4 Å². The highest BCUT2D eigenvalue weighted by atomic mass is 16.3. The summed E-state index contributed by atoms with van der Waals surface area (Å²) < 4.78 is 0. The molecule has 3 rings (SSSR count). The van der Waals surface area contributed by atoms with E-state index in [1.165, 1.54) is 0 Å². The smallest absolute Gasteiger partial charge is 0.226 e. The van der Waals surface area contributed by atoms with Crippen molar-refractivity contribution < 1.29 is 5.11 Å². The average Bonchev–Trinajstić information content (AvgIpc) is 2.88. The Morgan fingerprint density at radius 2 is 2.25 bits per heavy atom. The van der Waals surface area contributed by atoms with Gasteiger partial charge in [-0.1, -0.05) is 6.92 Å². The average molecular weight is 276 g/mol.